The van der Waals surface area contributed by atoms with Gasteiger partial charge >= 0.3 is 17.3 Å². The molecule has 0 radical (unpaired) electrons. The number of aliphatic hydroxyl groups is 9. The Bertz CT molecular complexity index is 1690. The topological polar surface area (TPSA) is 275 Å². The Labute approximate surface area is 301 Å². The second kappa shape index (κ2) is 16.4. The lowest BCUT2D eigenvalue weighted by molar-refractivity contribution is -0.319. The first-order valence-corrected chi connectivity index (χ1v) is 16.9. The first-order chi connectivity index (χ1) is 25.3. The number of rotatable bonds is 10. The number of esters is 1. The minimum absolute atomic E-state index is 0.0427. The number of carbonyl (C=O) groups excluding carboxylic acids is 1. The van der Waals surface area contributed by atoms with Crippen molar-refractivity contribution in [2.75, 3.05) is 13.2 Å². The molecular formula is C35H43O18+. The summed E-state index contributed by atoms with van der Waals surface area (Å²) in [6.07, 6.45) is -23.0. The van der Waals surface area contributed by atoms with Gasteiger partial charge in [0.05, 0.1) is 24.9 Å². The van der Waals surface area contributed by atoms with Crippen molar-refractivity contribution in [3.8, 4) is 22.8 Å². The van der Waals surface area contributed by atoms with E-state index in [-0.39, 0.29) is 28.2 Å². The van der Waals surface area contributed by atoms with Crippen molar-refractivity contribution in [3.05, 3.63) is 54.6 Å². The molecule has 290 valence electrons. The zero-order chi connectivity index (χ0) is 38.1. The van der Waals surface area contributed by atoms with E-state index < -0.39 is 111 Å². The van der Waals surface area contributed by atoms with Crippen LogP contribution in [0.15, 0.2) is 59.0 Å². The third kappa shape index (κ3) is 8.10. The van der Waals surface area contributed by atoms with E-state index >= 15 is 0 Å². The van der Waals surface area contributed by atoms with Gasteiger partial charge in [0.2, 0.25) is 18.3 Å². The summed E-state index contributed by atoms with van der Waals surface area (Å²) < 4.78 is 46.0. The summed E-state index contributed by atoms with van der Waals surface area (Å²) in [7, 11) is 0. The summed E-state index contributed by atoms with van der Waals surface area (Å²) in [6.45, 7) is 1.37. The maximum absolute atomic E-state index is 11.6. The zero-order valence-corrected chi connectivity index (χ0v) is 28.5. The summed E-state index contributed by atoms with van der Waals surface area (Å²) in [6, 6.07) is 14.8. The molecule has 0 bridgehead atoms. The molecule has 18 nitrogen and oxygen atoms in total. The summed E-state index contributed by atoms with van der Waals surface area (Å²) in [4.78, 5) is 11.6. The Morgan fingerprint density at radius 3 is 1.96 bits per heavy atom. The van der Waals surface area contributed by atoms with Crippen molar-refractivity contribution in [3.63, 3.8) is 0 Å². The molecule has 3 saturated heterocycles. The van der Waals surface area contributed by atoms with Crippen LogP contribution in [0.25, 0.3) is 22.3 Å². The highest BCUT2D eigenvalue weighted by Crippen LogP contribution is 2.40. The van der Waals surface area contributed by atoms with Crippen LogP contribution in [-0.4, -0.2) is 157 Å². The zero-order valence-electron chi connectivity index (χ0n) is 28.5. The SMILES string of the molecule is CC(=O)O[C@@H]1[C@@H](O)[C@H](C)O[C@@H](OC[C@H]2O[C@@H](Oc3cc4c(O[C@@H]5O[C@H](CO)[C@@H](O)[C@H](O)[C@H]5O)cccc4[o+]c3-c3ccccc3)[C@H](O)[C@@H](O)[C@@H]2O)[C@@H]1O. The highest BCUT2D eigenvalue weighted by molar-refractivity contribution is 5.87. The Morgan fingerprint density at radius 2 is 1.32 bits per heavy atom. The van der Waals surface area contributed by atoms with Crippen LogP contribution in [0.3, 0.4) is 0 Å². The standard InChI is InChI=1S/C35H43O18/c1-14-23(38)32(48-15(2)37)30(45)33(47-14)46-13-22-25(40)27(42)29(44)35(53-22)51-20-11-17-18(49-31(20)16-7-4-3-5-8-16)9-6-10-19(17)50-34-28(43)26(41)24(39)21(12-36)52-34/h3-11,14,21-30,32-36,38-45H,12-13H2,1-2H3/q+1/t14-,21+,22+,23-,24+,25+,26-,27-,28+,29+,30+,32+,33+,34+,35+/m0/s1. The molecule has 2 aromatic carbocycles. The van der Waals surface area contributed by atoms with Gasteiger partial charge in [-0.05, 0) is 31.2 Å². The smallest absolute Gasteiger partial charge is 0.402 e. The van der Waals surface area contributed by atoms with E-state index in [1.54, 1.807) is 42.5 Å². The van der Waals surface area contributed by atoms with Crippen LogP contribution in [0, 0.1) is 0 Å². The van der Waals surface area contributed by atoms with Gasteiger partial charge in [0.15, 0.2) is 12.4 Å². The lowest BCUT2D eigenvalue weighted by Crippen LogP contribution is -2.62. The molecule has 6 rings (SSSR count). The van der Waals surface area contributed by atoms with Gasteiger partial charge < -0.3 is 79.1 Å². The van der Waals surface area contributed by atoms with Crippen molar-refractivity contribution in [2.24, 2.45) is 0 Å². The number of benzene rings is 2. The number of aliphatic hydroxyl groups excluding tert-OH is 9. The summed E-state index contributed by atoms with van der Waals surface area (Å²) in [5, 5.41) is 94.7. The maximum atomic E-state index is 11.6. The number of hydrogen-bond acceptors (Lipinski definition) is 17. The first kappa shape index (κ1) is 39.1. The molecule has 3 aromatic rings. The molecule has 4 heterocycles. The van der Waals surface area contributed by atoms with E-state index in [4.69, 9.17) is 37.6 Å². The summed E-state index contributed by atoms with van der Waals surface area (Å²) in [5.41, 5.74) is 0.778. The predicted molar refractivity (Wildman–Crippen MR) is 176 cm³/mol. The van der Waals surface area contributed by atoms with E-state index in [1.165, 1.54) is 19.1 Å². The van der Waals surface area contributed by atoms with Gasteiger partial charge in [0.25, 0.3) is 0 Å². The normalized spacial score (nSPS) is 37.6. The number of carbonyl (C=O) groups is 1. The highest BCUT2D eigenvalue weighted by atomic mass is 16.7. The Balaban J connectivity index is 1.27. The Kier molecular flexibility index (Phi) is 12.1. The molecular weight excluding hydrogens is 708 g/mol. The van der Waals surface area contributed by atoms with Gasteiger partial charge in [-0.15, -0.1) is 0 Å². The van der Waals surface area contributed by atoms with Crippen LogP contribution in [0.5, 0.6) is 11.5 Å². The van der Waals surface area contributed by atoms with Gasteiger partial charge in [0.1, 0.15) is 72.2 Å². The van der Waals surface area contributed by atoms with Crippen molar-refractivity contribution in [2.45, 2.75) is 106 Å². The van der Waals surface area contributed by atoms with Crippen molar-refractivity contribution >= 4 is 16.9 Å². The van der Waals surface area contributed by atoms with Gasteiger partial charge in [-0.3, -0.25) is 4.79 Å². The van der Waals surface area contributed by atoms with Gasteiger partial charge in [-0.1, -0.05) is 18.2 Å². The number of hydrogen-bond donors (Lipinski definition) is 9. The average Bonchev–Trinajstić information content (AvgIpc) is 3.15. The molecule has 0 unspecified atom stereocenters. The molecule has 3 aliphatic heterocycles. The second-order valence-electron chi connectivity index (χ2n) is 13.0. The largest absolute Gasteiger partial charge is 0.461 e. The van der Waals surface area contributed by atoms with Crippen molar-refractivity contribution in [1.29, 1.82) is 0 Å². The van der Waals surface area contributed by atoms with Crippen molar-refractivity contribution < 1.29 is 88.3 Å². The van der Waals surface area contributed by atoms with E-state index in [9.17, 15) is 50.8 Å². The molecule has 18 heteroatoms. The van der Waals surface area contributed by atoms with Gasteiger partial charge in [0, 0.05) is 19.1 Å². The molecule has 0 spiro atoms. The van der Waals surface area contributed by atoms with Gasteiger partial charge in [-0.2, -0.15) is 0 Å². The second-order valence-corrected chi connectivity index (χ2v) is 13.0. The first-order valence-electron chi connectivity index (χ1n) is 16.9. The number of fused-ring (bicyclic) bond motifs is 1. The summed E-state index contributed by atoms with van der Waals surface area (Å²) in [5.74, 6) is -0.592. The fourth-order valence-electron chi connectivity index (χ4n) is 6.31. The molecule has 0 saturated carbocycles. The van der Waals surface area contributed by atoms with Crippen LogP contribution in [0.4, 0.5) is 0 Å². The molecule has 1 aromatic heterocycles. The molecule has 3 aliphatic rings. The molecule has 53 heavy (non-hydrogen) atoms. The minimum Gasteiger partial charge on any atom is -0.461 e. The predicted octanol–water partition coefficient (Wildman–Crippen LogP) is -1.84. The van der Waals surface area contributed by atoms with E-state index in [0.29, 0.717) is 5.56 Å². The van der Waals surface area contributed by atoms with Crippen LogP contribution in [-0.2, 0) is 28.5 Å². The molecule has 9 N–H and O–H groups in total. The third-order valence-corrected chi connectivity index (χ3v) is 9.29. The van der Waals surface area contributed by atoms with E-state index in [0.717, 1.165) is 6.92 Å². The monoisotopic (exact) mass is 751 g/mol. The maximum Gasteiger partial charge on any atom is 0.402 e. The third-order valence-electron chi connectivity index (χ3n) is 9.29. The fourth-order valence-corrected chi connectivity index (χ4v) is 6.31. The lowest BCUT2D eigenvalue weighted by Gasteiger charge is -2.43. The molecule has 0 amide bonds. The highest BCUT2D eigenvalue weighted by Gasteiger charge is 2.49. The lowest BCUT2D eigenvalue weighted by atomic mass is 9.98. The van der Waals surface area contributed by atoms with Crippen molar-refractivity contribution in [1.82, 2.24) is 0 Å². The van der Waals surface area contributed by atoms with E-state index in [1.807, 2.05) is 0 Å². The van der Waals surface area contributed by atoms with Crippen LogP contribution in [0.2, 0.25) is 0 Å². The fraction of sp³-hybridized carbons (Fsp3) is 0.543. The van der Waals surface area contributed by atoms with E-state index in [2.05, 4.69) is 0 Å². The molecule has 15 atom stereocenters. The molecule has 0 aliphatic carbocycles. The van der Waals surface area contributed by atoms with Crippen LogP contribution < -0.4 is 9.47 Å². The van der Waals surface area contributed by atoms with Gasteiger partial charge in [-0.25, -0.2) is 4.42 Å². The quantitative estimate of drug-likeness (QED) is 0.0813. The summed E-state index contributed by atoms with van der Waals surface area (Å²) >= 11 is 0. The Hall–Kier alpha value is -3.60. The number of ether oxygens (including phenoxy) is 7. The Morgan fingerprint density at radius 1 is 0.698 bits per heavy atom. The molecule has 3 fully saturated rings. The minimum atomic E-state index is -1.82. The van der Waals surface area contributed by atoms with Crippen LogP contribution in [0.1, 0.15) is 13.8 Å². The average molecular weight is 752 g/mol. The van der Waals surface area contributed by atoms with Crippen LogP contribution >= 0.6 is 0 Å².